The lowest BCUT2D eigenvalue weighted by molar-refractivity contribution is -0.131. The van der Waals surface area contributed by atoms with Crippen molar-refractivity contribution in [1.29, 1.82) is 0 Å². The summed E-state index contributed by atoms with van der Waals surface area (Å²) in [7, 11) is 0. The highest BCUT2D eigenvalue weighted by molar-refractivity contribution is 5.92. The van der Waals surface area contributed by atoms with Gasteiger partial charge in [0, 0.05) is 25.6 Å². The van der Waals surface area contributed by atoms with Crippen LogP contribution in [0.25, 0.3) is 0 Å². The van der Waals surface area contributed by atoms with Gasteiger partial charge in [0.2, 0.25) is 23.6 Å². The van der Waals surface area contributed by atoms with Crippen molar-refractivity contribution in [3.63, 3.8) is 0 Å². The Morgan fingerprint density at radius 2 is 1.54 bits per heavy atom. The fraction of sp³-hybridized carbons (Fsp3) is 0.778. The van der Waals surface area contributed by atoms with Gasteiger partial charge in [0.25, 0.3) is 0 Å². The van der Waals surface area contributed by atoms with E-state index in [1.165, 1.54) is 0 Å². The minimum Gasteiger partial charge on any atom is -0.394 e. The molecule has 0 saturated heterocycles. The van der Waals surface area contributed by atoms with Gasteiger partial charge in [0.15, 0.2) is 0 Å². The highest BCUT2D eigenvalue weighted by Crippen LogP contribution is 1.91. The van der Waals surface area contributed by atoms with Crippen molar-refractivity contribution >= 4 is 23.6 Å². The summed E-state index contributed by atoms with van der Waals surface area (Å²) < 4.78 is 0. The van der Waals surface area contributed by atoms with Gasteiger partial charge in [-0.25, -0.2) is 0 Å². The van der Waals surface area contributed by atoms with Crippen LogP contribution in [0.5, 0.6) is 0 Å². The van der Waals surface area contributed by atoms with Crippen molar-refractivity contribution in [3.8, 4) is 0 Å². The van der Waals surface area contributed by atoms with Crippen LogP contribution in [-0.2, 0) is 19.2 Å². The SMILES string of the molecule is CCCCCNC(=O)CNC(=O)C(CO)NC(=O)CNC(=O)CCNC(C)C. The highest BCUT2D eigenvalue weighted by Gasteiger charge is 2.20. The summed E-state index contributed by atoms with van der Waals surface area (Å²) in [6.07, 6.45) is 3.14. The van der Waals surface area contributed by atoms with E-state index in [9.17, 15) is 24.3 Å². The number of aliphatic hydroxyl groups excluding tert-OH is 1. The molecule has 1 unspecified atom stereocenters. The molecule has 6 N–H and O–H groups in total. The molecule has 0 aliphatic rings. The molecule has 4 amide bonds. The van der Waals surface area contributed by atoms with Crippen LogP contribution in [0.15, 0.2) is 0 Å². The monoisotopic (exact) mass is 401 g/mol. The molecule has 0 aromatic carbocycles. The third-order valence-electron chi connectivity index (χ3n) is 3.71. The standard InChI is InChI=1S/C18H35N5O5/c1-4-5-6-8-20-16(26)10-22-18(28)14(12-24)23-17(27)11-21-15(25)7-9-19-13(2)3/h13-14,19,24H,4-12H2,1-3H3,(H,20,26)(H,21,25)(H,22,28)(H,23,27). The number of amides is 4. The third kappa shape index (κ3) is 13.9. The third-order valence-corrected chi connectivity index (χ3v) is 3.71. The number of carbonyl (C=O) groups excluding carboxylic acids is 4. The Kier molecular flexibility index (Phi) is 14.6. The summed E-state index contributed by atoms with van der Waals surface area (Å²) in [5, 5.41) is 22.2. The number of hydrogen-bond donors (Lipinski definition) is 6. The van der Waals surface area contributed by atoms with Crippen LogP contribution in [0.1, 0.15) is 46.5 Å². The summed E-state index contributed by atoms with van der Waals surface area (Å²) in [6.45, 7) is 5.84. The molecule has 0 spiro atoms. The molecular formula is C18H35N5O5. The first kappa shape index (κ1) is 25.8. The molecule has 162 valence electrons. The van der Waals surface area contributed by atoms with Crippen molar-refractivity contribution in [2.24, 2.45) is 0 Å². The van der Waals surface area contributed by atoms with Gasteiger partial charge in [-0.3, -0.25) is 19.2 Å². The normalized spacial score (nSPS) is 11.6. The molecule has 1 atom stereocenters. The molecule has 0 aliphatic heterocycles. The van der Waals surface area contributed by atoms with Crippen molar-refractivity contribution in [3.05, 3.63) is 0 Å². The minimum absolute atomic E-state index is 0.225. The van der Waals surface area contributed by atoms with Crippen LogP contribution >= 0.6 is 0 Å². The van der Waals surface area contributed by atoms with E-state index in [2.05, 4.69) is 33.5 Å². The average molecular weight is 402 g/mol. The molecule has 0 aromatic heterocycles. The molecule has 0 rings (SSSR count). The van der Waals surface area contributed by atoms with E-state index in [-0.39, 0.29) is 37.4 Å². The van der Waals surface area contributed by atoms with Gasteiger partial charge in [-0.15, -0.1) is 0 Å². The first-order valence-electron chi connectivity index (χ1n) is 9.74. The van der Waals surface area contributed by atoms with Gasteiger partial charge in [0.05, 0.1) is 19.7 Å². The Labute approximate surface area is 166 Å². The molecule has 0 radical (unpaired) electrons. The molecular weight excluding hydrogens is 366 g/mol. The second-order valence-electron chi connectivity index (χ2n) is 6.71. The second-order valence-corrected chi connectivity index (χ2v) is 6.71. The smallest absolute Gasteiger partial charge is 0.245 e. The van der Waals surface area contributed by atoms with E-state index in [0.717, 1.165) is 19.3 Å². The topological polar surface area (TPSA) is 149 Å². The summed E-state index contributed by atoms with van der Waals surface area (Å²) in [5.41, 5.74) is 0. The van der Waals surface area contributed by atoms with Gasteiger partial charge in [-0.05, 0) is 6.42 Å². The fourth-order valence-corrected chi connectivity index (χ4v) is 2.14. The summed E-state index contributed by atoms with van der Waals surface area (Å²) in [4.78, 5) is 47.0. The van der Waals surface area contributed by atoms with Gasteiger partial charge < -0.3 is 31.7 Å². The molecule has 0 aliphatic carbocycles. The predicted molar refractivity (Wildman–Crippen MR) is 105 cm³/mol. The number of unbranched alkanes of at least 4 members (excludes halogenated alkanes) is 2. The van der Waals surface area contributed by atoms with Crippen molar-refractivity contribution in [1.82, 2.24) is 26.6 Å². The molecule has 0 saturated carbocycles. The number of carbonyl (C=O) groups is 4. The largest absolute Gasteiger partial charge is 0.394 e. The summed E-state index contributed by atoms with van der Waals surface area (Å²) in [6, 6.07) is -0.932. The maximum atomic E-state index is 12.0. The first-order chi connectivity index (χ1) is 13.3. The molecule has 28 heavy (non-hydrogen) atoms. The lowest BCUT2D eigenvalue weighted by Gasteiger charge is -2.16. The second kappa shape index (κ2) is 15.8. The van der Waals surface area contributed by atoms with E-state index in [1.807, 2.05) is 13.8 Å². The van der Waals surface area contributed by atoms with Crippen LogP contribution in [0.2, 0.25) is 0 Å². The number of nitrogens with one attached hydrogen (secondary N) is 5. The average Bonchev–Trinajstić information content (AvgIpc) is 2.65. The molecule has 0 aromatic rings. The first-order valence-corrected chi connectivity index (χ1v) is 9.74. The van der Waals surface area contributed by atoms with Crippen molar-refractivity contribution in [2.75, 3.05) is 32.8 Å². The maximum absolute atomic E-state index is 12.0. The van der Waals surface area contributed by atoms with Gasteiger partial charge >= 0.3 is 0 Å². The van der Waals surface area contributed by atoms with Gasteiger partial charge in [-0.1, -0.05) is 33.6 Å². The predicted octanol–water partition coefficient (Wildman–Crippen LogP) is -1.61. The molecule has 0 heterocycles. The minimum atomic E-state index is -1.19. The molecule has 0 bridgehead atoms. The van der Waals surface area contributed by atoms with Crippen molar-refractivity contribution in [2.45, 2.75) is 58.5 Å². The lowest BCUT2D eigenvalue weighted by atomic mass is 10.2. The number of rotatable bonds is 15. The molecule has 10 heteroatoms. The van der Waals surface area contributed by atoms with Crippen LogP contribution < -0.4 is 26.6 Å². The fourth-order valence-electron chi connectivity index (χ4n) is 2.14. The summed E-state index contributed by atoms with van der Waals surface area (Å²) >= 11 is 0. The van der Waals surface area contributed by atoms with Crippen LogP contribution in [0.4, 0.5) is 0 Å². The Hall–Kier alpha value is -2.20. The van der Waals surface area contributed by atoms with E-state index >= 15 is 0 Å². The Balaban J connectivity index is 4.09. The van der Waals surface area contributed by atoms with Crippen LogP contribution in [-0.4, -0.2) is 73.6 Å². The highest BCUT2D eigenvalue weighted by atomic mass is 16.3. The zero-order valence-electron chi connectivity index (χ0n) is 17.1. The van der Waals surface area contributed by atoms with Gasteiger partial charge in [-0.2, -0.15) is 0 Å². The summed E-state index contributed by atoms with van der Waals surface area (Å²) in [5.74, 6) is -1.92. The lowest BCUT2D eigenvalue weighted by Crippen LogP contribution is -2.52. The maximum Gasteiger partial charge on any atom is 0.245 e. The zero-order chi connectivity index (χ0) is 21.4. The quantitative estimate of drug-likeness (QED) is 0.182. The Bertz CT molecular complexity index is 499. The Morgan fingerprint density at radius 3 is 2.14 bits per heavy atom. The van der Waals surface area contributed by atoms with Crippen LogP contribution in [0, 0.1) is 0 Å². The molecule has 0 fully saturated rings. The van der Waals surface area contributed by atoms with Crippen LogP contribution in [0.3, 0.4) is 0 Å². The molecule has 10 nitrogen and oxygen atoms in total. The van der Waals surface area contributed by atoms with E-state index in [0.29, 0.717) is 13.1 Å². The number of hydrogen-bond acceptors (Lipinski definition) is 6. The zero-order valence-corrected chi connectivity index (χ0v) is 17.1. The van der Waals surface area contributed by atoms with E-state index < -0.39 is 24.5 Å². The number of aliphatic hydroxyl groups is 1. The van der Waals surface area contributed by atoms with E-state index in [4.69, 9.17) is 0 Å². The van der Waals surface area contributed by atoms with E-state index in [1.54, 1.807) is 0 Å². The van der Waals surface area contributed by atoms with Gasteiger partial charge in [0.1, 0.15) is 6.04 Å². The van der Waals surface area contributed by atoms with Crippen molar-refractivity contribution < 1.29 is 24.3 Å². The Morgan fingerprint density at radius 1 is 0.857 bits per heavy atom.